The van der Waals surface area contributed by atoms with Gasteiger partial charge in [0.1, 0.15) is 4.99 Å². The molecule has 0 bridgehead atoms. The zero-order valence-corrected chi connectivity index (χ0v) is 11.9. The molecule has 1 rings (SSSR count). The maximum Gasteiger partial charge on any atom is 0.103 e. The first kappa shape index (κ1) is 14.0. The summed E-state index contributed by atoms with van der Waals surface area (Å²) in [6, 6.07) is 6.54. The predicted molar refractivity (Wildman–Crippen MR) is 79.6 cm³/mol. The molecule has 0 saturated heterocycles. The van der Waals surface area contributed by atoms with E-state index in [-0.39, 0.29) is 0 Å². The maximum absolute atomic E-state index is 5.61. The molecular formula is C14H22N2S. The van der Waals surface area contributed by atoms with Crippen LogP contribution in [0.25, 0.3) is 0 Å². The molecule has 0 aromatic heterocycles. The van der Waals surface area contributed by atoms with Crippen molar-refractivity contribution < 1.29 is 0 Å². The van der Waals surface area contributed by atoms with Crippen LogP contribution in [0, 0.1) is 12.8 Å². The number of benzene rings is 1. The lowest BCUT2D eigenvalue weighted by Crippen LogP contribution is -2.18. The van der Waals surface area contributed by atoms with E-state index in [0.717, 1.165) is 17.7 Å². The maximum atomic E-state index is 5.61. The summed E-state index contributed by atoms with van der Waals surface area (Å²) < 4.78 is 0. The van der Waals surface area contributed by atoms with Gasteiger partial charge in [-0.15, -0.1) is 0 Å². The number of anilines is 1. The van der Waals surface area contributed by atoms with Crippen molar-refractivity contribution >= 4 is 22.9 Å². The SMILES string of the molecule is Cc1cc(C(N)=S)ccc1NC(C)CC(C)C. The molecule has 0 aliphatic carbocycles. The van der Waals surface area contributed by atoms with Gasteiger partial charge >= 0.3 is 0 Å². The van der Waals surface area contributed by atoms with Gasteiger partial charge in [-0.3, -0.25) is 0 Å². The van der Waals surface area contributed by atoms with Gasteiger partial charge in [0.15, 0.2) is 0 Å². The van der Waals surface area contributed by atoms with Gasteiger partial charge < -0.3 is 11.1 Å². The normalized spacial score (nSPS) is 12.5. The Labute approximate surface area is 110 Å². The molecule has 0 aliphatic heterocycles. The van der Waals surface area contributed by atoms with Crippen molar-refractivity contribution in [2.75, 3.05) is 5.32 Å². The highest BCUT2D eigenvalue weighted by atomic mass is 32.1. The quantitative estimate of drug-likeness (QED) is 0.786. The van der Waals surface area contributed by atoms with E-state index >= 15 is 0 Å². The van der Waals surface area contributed by atoms with Crippen molar-refractivity contribution in [1.82, 2.24) is 0 Å². The van der Waals surface area contributed by atoms with Crippen LogP contribution in [-0.2, 0) is 0 Å². The summed E-state index contributed by atoms with van der Waals surface area (Å²) in [7, 11) is 0. The van der Waals surface area contributed by atoms with Crippen LogP contribution in [0.3, 0.4) is 0 Å². The lowest BCUT2D eigenvalue weighted by molar-refractivity contribution is 0.539. The van der Waals surface area contributed by atoms with Crippen LogP contribution in [0.1, 0.15) is 38.3 Å². The lowest BCUT2D eigenvalue weighted by atomic mass is 10.0. The second-order valence-corrected chi connectivity index (χ2v) is 5.51. The van der Waals surface area contributed by atoms with Gasteiger partial charge in [0.25, 0.3) is 0 Å². The molecule has 1 unspecified atom stereocenters. The molecule has 0 heterocycles. The summed E-state index contributed by atoms with van der Waals surface area (Å²) in [5.41, 5.74) is 8.89. The molecule has 94 valence electrons. The van der Waals surface area contributed by atoms with Gasteiger partial charge in [0, 0.05) is 17.3 Å². The third-order valence-corrected chi connectivity index (χ3v) is 2.97. The van der Waals surface area contributed by atoms with Crippen molar-refractivity contribution in [2.45, 2.75) is 40.2 Å². The van der Waals surface area contributed by atoms with Gasteiger partial charge in [-0.05, 0) is 49.9 Å². The smallest absolute Gasteiger partial charge is 0.103 e. The number of thiocarbonyl (C=S) groups is 1. The Morgan fingerprint density at radius 3 is 2.47 bits per heavy atom. The molecule has 3 heteroatoms. The van der Waals surface area contributed by atoms with E-state index in [1.165, 1.54) is 5.56 Å². The molecule has 0 fully saturated rings. The van der Waals surface area contributed by atoms with E-state index in [9.17, 15) is 0 Å². The Balaban J connectivity index is 2.75. The van der Waals surface area contributed by atoms with E-state index in [1.54, 1.807) is 0 Å². The van der Waals surface area contributed by atoms with Crippen molar-refractivity contribution in [1.29, 1.82) is 0 Å². The van der Waals surface area contributed by atoms with Crippen LogP contribution in [0.2, 0.25) is 0 Å². The van der Waals surface area contributed by atoms with Crippen LogP contribution in [0.15, 0.2) is 18.2 Å². The molecule has 2 nitrogen and oxygen atoms in total. The summed E-state index contributed by atoms with van der Waals surface area (Å²) in [5.74, 6) is 0.702. The zero-order chi connectivity index (χ0) is 13.0. The first-order chi connectivity index (χ1) is 7.90. The van der Waals surface area contributed by atoms with Crippen LogP contribution in [-0.4, -0.2) is 11.0 Å². The Kier molecular flexibility index (Phi) is 4.94. The number of nitrogens with two attached hydrogens (primary N) is 1. The topological polar surface area (TPSA) is 38.0 Å². The van der Waals surface area contributed by atoms with E-state index in [0.29, 0.717) is 16.9 Å². The molecule has 1 aromatic rings. The van der Waals surface area contributed by atoms with Gasteiger partial charge in [-0.2, -0.15) is 0 Å². The number of hydrogen-bond donors (Lipinski definition) is 2. The number of nitrogens with one attached hydrogen (secondary N) is 1. The fourth-order valence-corrected chi connectivity index (χ4v) is 2.14. The van der Waals surface area contributed by atoms with Gasteiger partial charge in [-0.1, -0.05) is 26.1 Å². The van der Waals surface area contributed by atoms with Gasteiger partial charge in [0.2, 0.25) is 0 Å². The van der Waals surface area contributed by atoms with Crippen LogP contribution >= 0.6 is 12.2 Å². The lowest BCUT2D eigenvalue weighted by Gasteiger charge is -2.19. The third kappa shape index (κ3) is 4.35. The fourth-order valence-electron chi connectivity index (χ4n) is 2.01. The fraction of sp³-hybridized carbons (Fsp3) is 0.500. The van der Waals surface area contributed by atoms with Crippen molar-refractivity contribution in [2.24, 2.45) is 11.7 Å². The monoisotopic (exact) mass is 250 g/mol. The van der Waals surface area contributed by atoms with E-state index < -0.39 is 0 Å². The third-order valence-electron chi connectivity index (χ3n) is 2.74. The minimum absolute atomic E-state index is 0.454. The van der Waals surface area contributed by atoms with Gasteiger partial charge in [-0.25, -0.2) is 0 Å². The Hall–Kier alpha value is -1.09. The number of rotatable bonds is 5. The Morgan fingerprint density at radius 2 is 2.00 bits per heavy atom. The largest absolute Gasteiger partial charge is 0.389 e. The summed E-state index contributed by atoms with van der Waals surface area (Å²) in [4.78, 5) is 0.454. The van der Waals surface area contributed by atoms with Crippen molar-refractivity contribution in [3.63, 3.8) is 0 Å². The molecule has 0 aliphatic rings. The highest BCUT2D eigenvalue weighted by Crippen LogP contribution is 2.19. The van der Waals surface area contributed by atoms with Crippen molar-refractivity contribution in [3.8, 4) is 0 Å². The molecular weight excluding hydrogens is 228 g/mol. The molecule has 0 radical (unpaired) electrons. The number of hydrogen-bond acceptors (Lipinski definition) is 2. The molecule has 0 amide bonds. The highest BCUT2D eigenvalue weighted by molar-refractivity contribution is 7.80. The molecule has 0 saturated carbocycles. The van der Waals surface area contributed by atoms with Crippen LogP contribution in [0.5, 0.6) is 0 Å². The van der Waals surface area contributed by atoms with Crippen LogP contribution < -0.4 is 11.1 Å². The van der Waals surface area contributed by atoms with Gasteiger partial charge in [0.05, 0.1) is 0 Å². The van der Waals surface area contributed by atoms with E-state index in [2.05, 4.69) is 39.1 Å². The van der Waals surface area contributed by atoms with Crippen molar-refractivity contribution in [3.05, 3.63) is 29.3 Å². The molecule has 0 spiro atoms. The second-order valence-electron chi connectivity index (χ2n) is 5.07. The summed E-state index contributed by atoms with van der Waals surface area (Å²) in [5, 5.41) is 3.52. The average Bonchev–Trinajstić information content (AvgIpc) is 2.19. The summed E-state index contributed by atoms with van der Waals surface area (Å²) in [6.45, 7) is 8.76. The van der Waals surface area contributed by atoms with E-state index in [1.807, 2.05) is 12.1 Å². The second kappa shape index (κ2) is 6.01. The summed E-state index contributed by atoms with van der Waals surface area (Å²) in [6.07, 6.45) is 1.16. The van der Waals surface area contributed by atoms with E-state index in [4.69, 9.17) is 18.0 Å². The Morgan fingerprint density at radius 1 is 1.35 bits per heavy atom. The minimum atomic E-state index is 0.454. The number of aryl methyl sites for hydroxylation is 1. The summed E-state index contributed by atoms with van der Waals surface area (Å²) >= 11 is 4.97. The molecule has 17 heavy (non-hydrogen) atoms. The standard InChI is InChI=1S/C14H22N2S/c1-9(2)7-11(4)16-13-6-5-12(14(15)17)8-10(13)3/h5-6,8-9,11,16H,7H2,1-4H3,(H2,15,17). The first-order valence-electron chi connectivity index (χ1n) is 6.07. The molecule has 3 N–H and O–H groups in total. The Bertz CT molecular complexity index is 399. The molecule has 1 atom stereocenters. The average molecular weight is 250 g/mol. The first-order valence-corrected chi connectivity index (χ1v) is 6.48. The minimum Gasteiger partial charge on any atom is -0.389 e. The van der Waals surface area contributed by atoms with Crippen LogP contribution in [0.4, 0.5) is 5.69 Å². The predicted octanol–water partition coefficient (Wildman–Crippen LogP) is 3.48. The highest BCUT2D eigenvalue weighted by Gasteiger charge is 2.07. The molecule has 1 aromatic carbocycles. The zero-order valence-electron chi connectivity index (χ0n) is 11.1.